The summed E-state index contributed by atoms with van der Waals surface area (Å²) in [7, 11) is -2.28. The lowest BCUT2D eigenvalue weighted by atomic mass is 10.1. The Kier molecular flexibility index (Phi) is 21.1. The summed E-state index contributed by atoms with van der Waals surface area (Å²) in [6.45, 7) is 8.65. The van der Waals surface area contributed by atoms with Gasteiger partial charge in [0, 0.05) is 54.7 Å². The van der Waals surface area contributed by atoms with Crippen molar-refractivity contribution >= 4 is 53.3 Å². The molecule has 2 unspecified atom stereocenters. The van der Waals surface area contributed by atoms with E-state index in [9.17, 15) is 0 Å². The van der Waals surface area contributed by atoms with Crippen LogP contribution in [0.15, 0.2) is 0 Å². The van der Waals surface area contributed by atoms with Crippen molar-refractivity contribution in [2.24, 2.45) is 0 Å². The third kappa shape index (κ3) is 15.5. The standard InChI is InChI=1S/C26H62O10Si6/c1-27-41(28-2,29-3)25-21-17-13-11-15-19-23-39(9)34-37(7)33-38(8)35-40(10,36-39)24-20-16-12-14-18-22-26-42(30-4,31-5)32-6/h11-26H2,1-10H3. The highest BCUT2D eigenvalue weighted by Crippen LogP contribution is 2.31. The Labute approximate surface area is 265 Å². The van der Waals surface area contributed by atoms with Crippen molar-refractivity contribution in [1.29, 1.82) is 0 Å². The normalized spacial score (nSPS) is 23.3. The molecular formula is C26H62O10Si6. The molecule has 1 fully saturated rings. The van der Waals surface area contributed by atoms with E-state index in [0.717, 1.165) is 49.9 Å². The second-order valence-corrected chi connectivity index (χ2v) is 28.4. The van der Waals surface area contributed by atoms with Crippen molar-refractivity contribution in [2.45, 2.75) is 127 Å². The predicted octanol–water partition coefficient (Wildman–Crippen LogP) is 6.88. The smallest absolute Gasteiger partial charge is 0.416 e. The van der Waals surface area contributed by atoms with Gasteiger partial charge >= 0.3 is 53.3 Å². The molecule has 2 atom stereocenters. The Balaban J connectivity index is 2.43. The van der Waals surface area contributed by atoms with Crippen molar-refractivity contribution in [1.82, 2.24) is 0 Å². The van der Waals surface area contributed by atoms with Crippen molar-refractivity contribution in [3.63, 3.8) is 0 Å². The van der Waals surface area contributed by atoms with Gasteiger partial charge in [-0.2, -0.15) is 0 Å². The molecule has 2 radical (unpaired) electrons. The van der Waals surface area contributed by atoms with Crippen molar-refractivity contribution in [3.8, 4) is 0 Å². The van der Waals surface area contributed by atoms with Crippen LogP contribution >= 0.6 is 0 Å². The SMILES string of the molecule is CO[Si](CCCCCCCC[Si]1(C)O[Si](C)O[Si](C)O[Si](C)(CCCCCCCC[Si](OC)(OC)OC)O1)(OC)OC. The fourth-order valence-corrected chi connectivity index (χ4v) is 25.0. The first-order chi connectivity index (χ1) is 20.0. The van der Waals surface area contributed by atoms with Gasteiger partial charge in [-0.3, -0.25) is 0 Å². The minimum Gasteiger partial charge on any atom is -0.416 e. The third-order valence-electron chi connectivity index (χ3n) is 8.03. The Morgan fingerprint density at radius 1 is 0.476 bits per heavy atom. The lowest BCUT2D eigenvalue weighted by Crippen LogP contribution is -2.59. The molecule has 0 aliphatic carbocycles. The van der Waals surface area contributed by atoms with Crippen molar-refractivity contribution < 1.29 is 43.0 Å². The van der Waals surface area contributed by atoms with Gasteiger partial charge in [0.1, 0.15) is 0 Å². The van der Waals surface area contributed by atoms with E-state index in [1.807, 2.05) is 0 Å². The van der Waals surface area contributed by atoms with Gasteiger partial charge in [-0.1, -0.05) is 64.2 Å². The summed E-state index contributed by atoms with van der Waals surface area (Å²) in [5, 5.41) is 0. The summed E-state index contributed by atoms with van der Waals surface area (Å²) in [4.78, 5) is 0. The maximum Gasteiger partial charge on any atom is 0.500 e. The third-order valence-corrected chi connectivity index (χ3v) is 27.7. The molecule has 16 heteroatoms. The highest BCUT2D eigenvalue weighted by molar-refractivity contribution is 6.86. The number of unbranched alkanes of at least 4 members (excludes halogenated alkanes) is 10. The summed E-state index contributed by atoms with van der Waals surface area (Å²) in [5.74, 6) is 0. The molecule has 42 heavy (non-hydrogen) atoms. The number of rotatable bonds is 24. The molecule has 0 amide bonds. The second kappa shape index (κ2) is 21.6. The number of hydrogen-bond acceptors (Lipinski definition) is 10. The second-order valence-electron chi connectivity index (χ2n) is 11.5. The molecule has 250 valence electrons. The molecule has 0 spiro atoms. The first kappa shape index (κ1) is 40.9. The van der Waals surface area contributed by atoms with Crippen LogP contribution in [0.1, 0.15) is 77.0 Å². The lowest BCUT2D eigenvalue weighted by molar-refractivity contribution is 0.122. The van der Waals surface area contributed by atoms with Crippen molar-refractivity contribution in [2.75, 3.05) is 42.7 Å². The van der Waals surface area contributed by atoms with Crippen molar-refractivity contribution in [3.05, 3.63) is 0 Å². The maximum absolute atomic E-state index is 6.98. The van der Waals surface area contributed by atoms with Crippen LogP contribution < -0.4 is 0 Å². The summed E-state index contributed by atoms with van der Waals surface area (Å²) < 4.78 is 59.6. The van der Waals surface area contributed by atoms with Crippen LogP contribution in [-0.4, -0.2) is 96.0 Å². The fraction of sp³-hybridized carbons (Fsp3) is 1.00. The average molecular weight is 703 g/mol. The van der Waals surface area contributed by atoms with Gasteiger partial charge in [0.15, 0.2) is 0 Å². The van der Waals surface area contributed by atoms with E-state index in [4.69, 9.17) is 43.0 Å². The molecule has 1 aliphatic rings. The van der Waals surface area contributed by atoms with Crippen LogP contribution in [0.25, 0.3) is 0 Å². The van der Waals surface area contributed by atoms with Gasteiger partial charge in [0.05, 0.1) is 0 Å². The van der Waals surface area contributed by atoms with Gasteiger partial charge in [0.25, 0.3) is 0 Å². The highest BCUT2D eigenvalue weighted by Gasteiger charge is 2.47. The highest BCUT2D eigenvalue weighted by atomic mass is 28.5. The first-order valence-corrected chi connectivity index (χ1v) is 28.3. The minimum atomic E-state index is -2.44. The molecule has 1 saturated heterocycles. The average Bonchev–Trinajstić information content (AvgIpc) is 2.95. The zero-order valence-electron chi connectivity index (χ0n) is 28.4. The zero-order valence-corrected chi connectivity index (χ0v) is 34.4. The van der Waals surface area contributed by atoms with Gasteiger partial charge in [0.2, 0.25) is 0 Å². The zero-order chi connectivity index (χ0) is 31.5. The molecule has 0 aromatic rings. The van der Waals surface area contributed by atoms with E-state index in [-0.39, 0.29) is 0 Å². The van der Waals surface area contributed by atoms with E-state index < -0.39 is 53.3 Å². The van der Waals surface area contributed by atoms with Crippen LogP contribution in [0, 0.1) is 0 Å². The van der Waals surface area contributed by atoms with E-state index in [1.54, 1.807) is 42.7 Å². The summed E-state index contributed by atoms with van der Waals surface area (Å²) >= 11 is 0. The molecule has 1 heterocycles. The van der Waals surface area contributed by atoms with Crippen LogP contribution in [0.5, 0.6) is 0 Å². The van der Waals surface area contributed by atoms with E-state index in [1.165, 1.54) is 51.4 Å². The van der Waals surface area contributed by atoms with Gasteiger partial charge < -0.3 is 43.0 Å². The Hall–Kier alpha value is 0.901. The molecule has 0 aromatic heterocycles. The van der Waals surface area contributed by atoms with Gasteiger partial charge in [-0.25, -0.2) is 0 Å². The molecule has 10 nitrogen and oxygen atoms in total. The minimum absolute atomic E-state index is 0.869. The maximum atomic E-state index is 6.98. The molecule has 0 bridgehead atoms. The monoisotopic (exact) mass is 702 g/mol. The van der Waals surface area contributed by atoms with E-state index in [0.29, 0.717) is 0 Å². The molecule has 0 aromatic carbocycles. The quantitative estimate of drug-likeness (QED) is 0.0783. The Morgan fingerprint density at radius 2 is 0.762 bits per heavy atom. The summed E-state index contributed by atoms with van der Waals surface area (Å²) in [6, 6.07) is 3.73. The van der Waals surface area contributed by atoms with Gasteiger partial charge in [-0.15, -0.1) is 0 Å². The fourth-order valence-electron chi connectivity index (χ4n) is 5.66. The van der Waals surface area contributed by atoms with Gasteiger partial charge in [-0.05, 0) is 51.1 Å². The van der Waals surface area contributed by atoms with E-state index >= 15 is 0 Å². The Bertz CT molecular complexity index is 623. The topological polar surface area (TPSA) is 92.3 Å². The molecule has 1 rings (SSSR count). The lowest BCUT2D eigenvalue weighted by Gasteiger charge is -2.42. The first-order valence-electron chi connectivity index (χ1n) is 15.7. The summed E-state index contributed by atoms with van der Waals surface area (Å²) in [6.07, 6.45) is 13.9. The Morgan fingerprint density at radius 3 is 1.07 bits per heavy atom. The van der Waals surface area contributed by atoms with E-state index in [2.05, 4.69) is 26.2 Å². The molecular weight excluding hydrogens is 641 g/mol. The molecule has 1 aliphatic heterocycles. The summed E-state index contributed by atoms with van der Waals surface area (Å²) in [5.41, 5.74) is 0. The predicted molar refractivity (Wildman–Crippen MR) is 179 cm³/mol. The largest absolute Gasteiger partial charge is 0.500 e. The van der Waals surface area contributed by atoms with Crippen LogP contribution in [0.3, 0.4) is 0 Å². The number of hydrogen-bond donors (Lipinski definition) is 0. The van der Waals surface area contributed by atoms with Crippen LogP contribution in [0.2, 0.25) is 50.4 Å². The molecule has 0 saturated carbocycles. The molecule has 0 N–H and O–H groups in total. The van der Waals surface area contributed by atoms with Crippen LogP contribution in [0.4, 0.5) is 0 Å². The van der Waals surface area contributed by atoms with Crippen LogP contribution in [-0.2, 0) is 43.0 Å².